The van der Waals surface area contributed by atoms with Crippen molar-refractivity contribution in [1.29, 1.82) is 0 Å². The van der Waals surface area contributed by atoms with Crippen molar-refractivity contribution in [3.8, 4) is 11.5 Å². The number of benzene rings is 3. The molecule has 3 aromatic carbocycles. The SMILES string of the molecule is COc1ccc(C2O[C@@H](C(=O)[O-])[C@H](c3ccccc3)N2Cc2ccccc2)c(OC)c1.[K+]. The van der Waals surface area contributed by atoms with Gasteiger partial charge in [0.05, 0.1) is 26.2 Å². The van der Waals surface area contributed by atoms with Gasteiger partial charge in [-0.05, 0) is 23.3 Å². The minimum Gasteiger partial charge on any atom is -0.547 e. The molecule has 1 fully saturated rings. The number of carbonyl (C=O) groups is 1. The molecule has 3 atom stereocenters. The third kappa shape index (κ3) is 5.26. The molecule has 3 aromatic rings. The Kier molecular flexibility index (Phi) is 8.90. The molecular formula is C25H24KNO5. The van der Waals surface area contributed by atoms with Crippen LogP contribution >= 0.6 is 0 Å². The molecule has 0 saturated carbocycles. The number of methoxy groups -OCH3 is 2. The standard InChI is InChI=1S/C25H25NO5.K/c1-29-19-13-14-20(21(15-19)30-2)24-26(16-17-9-5-3-6-10-17)22(23(31-24)25(27)28)18-11-7-4-8-12-18;/h3-15,22-24H,16H2,1-2H3,(H,27,28);/q;+1/p-1/t22-,23+,24?;/m0./s1. The van der Waals surface area contributed by atoms with Gasteiger partial charge in [-0.25, -0.2) is 0 Å². The monoisotopic (exact) mass is 457 g/mol. The topological polar surface area (TPSA) is 71.1 Å². The van der Waals surface area contributed by atoms with Crippen LogP contribution in [0.15, 0.2) is 78.9 Å². The van der Waals surface area contributed by atoms with Gasteiger partial charge in [0.2, 0.25) is 0 Å². The molecule has 160 valence electrons. The van der Waals surface area contributed by atoms with E-state index in [0.29, 0.717) is 18.0 Å². The number of ether oxygens (including phenoxy) is 3. The second-order valence-corrected chi connectivity index (χ2v) is 7.35. The molecule has 0 radical (unpaired) electrons. The van der Waals surface area contributed by atoms with Crippen molar-refractivity contribution in [2.75, 3.05) is 14.2 Å². The first-order valence-electron chi connectivity index (χ1n) is 10.0. The van der Waals surface area contributed by atoms with Crippen LogP contribution in [0.3, 0.4) is 0 Å². The maximum absolute atomic E-state index is 12.1. The van der Waals surface area contributed by atoms with Crippen molar-refractivity contribution in [2.45, 2.75) is 24.9 Å². The van der Waals surface area contributed by atoms with Crippen LogP contribution in [0.1, 0.15) is 29.0 Å². The smallest absolute Gasteiger partial charge is 0.547 e. The van der Waals surface area contributed by atoms with Crippen LogP contribution < -0.4 is 66.0 Å². The van der Waals surface area contributed by atoms with Gasteiger partial charge >= 0.3 is 51.4 Å². The number of carboxylic acid groups (broad SMARTS) is 1. The number of carboxylic acids is 1. The summed E-state index contributed by atoms with van der Waals surface area (Å²) in [4.78, 5) is 14.1. The molecule has 4 rings (SSSR count). The number of carbonyl (C=O) groups excluding carboxylic acids is 1. The zero-order chi connectivity index (χ0) is 21.8. The molecule has 6 nitrogen and oxygen atoms in total. The van der Waals surface area contributed by atoms with Crippen LogP contribution in [0.4, 0.5) is 0 Å². The first-order chi connectivity index (χ1) is 15.1. The minimum absolute atomic E-state index is 0. The van der Waals surface area contributed by atoms with Crippen molar-refractivity contribution >= 4 is 5.97 Å². The van der Waals surface area contributed by atoms with Gasteiger partial charge in [-0.1, -0.05) is 60.7 Å². The maximum Gasteiger partial charge on any atom is 1.00 e. The molecule has 1 aliphatic rings. The molecule has 0 spiro atoms. The van der Waals surface area contributed by atoms with Crippen molar-refractivity contribution in [3.63, 3.8) is 0 Å². The average Bonchev–Trinajstić information content (AvgIpc) is 3.19. The molecule has 7 heteroatoms. The quantitative estimate of drug-likeness (QED) is 0.469. The van der Waals surface area contributed by atoms with E-state index >= 15 is 0 Å². The Balaban J connectivity index is 0.00000289. The van der Waals surface area contributed by atoms with E-state index in [1.54, 1.807) is 20.3 Å². The van der Waals surface area contributed by atoms with E-state index in [1.807, 2.05) is 77.7 Å². The van der Waals surface area contributed by atoms with E-state index in [4.69, 9.17) is 14.2 Å². The Morgan fingerprint density at radius 1 is 0.969 bits per heavy atom. The summed E-state index contributed by atoms with van der Waals surface area (Å²) >= 11 is 0. The molecule has 1 saturated heterocycles. The van der Waals surface area contributed by atoms with Gasteiger partial charge in [0.25, 0.3) is 0 Å². The average molecular weight is 458 g/mol. The zero-order valence-corrected chi connectivity index (χ0v) is 21.6. The number of hydrogen-bond acceptors (Lipinski definition) is 6. The summed E-state index contributed by atoms with van der Waals surface area (Å²) in [7, 11) is 3.15. The number of hydrogen-bond donors (Lipinski definition) is 0. The fraction of sp³-hybridized carbons (Fsp3) is 0.240. The predicted octanol–water partition coefficient (Wildman–Crippen LogP) is 0.0986. The van der Waals surface area contributed by atoms with Crippen LogP contribution in [-0.4, -0.2) is 31.2 Å². The number of aliphatic carboxylic acids is 1. The van der Waals surface area contributed by atoms with Crippen molar-refractivity contribution in [1.82, 2.24) is 4.90 Å². The molecule has 0 aliphatic carbocycles. The van der Waals surface area contributed by atoms with E-state index < -0.39 is 24.3 Å². The summed E-state index contributed by atoms with van der Waals surface area (Å²) in [6, 6.07) is 24.3. The van der Waals surface area contributed by atoms with E-state index in [-0.39, 0.29) is 51.4 Å². The zero-order valence-electron chi connectivity index (χ0n) is 18.4. The first kappa shape index (κ1) is 24.9. The Morgan fingerprint density at radius 2 is 1.62 bits per heavy atom. The van der Waals surface area contributed by atoms with Gasteiger partial charge in [-0.2, -0.15) is 0 Å². The molecule has 1 aliphatic heterocycles. The molecule has 1 heterocycles. The second-order valence-electron chi connectivity index (χ2n) is 7.35. The third-order valence-electron chi connectivity index (χ3n) is 5.51. The minimum atomic E-state index is -1.25. The van der Waals surface area contributed by atoms with Crippen molar-refractivity contribution < 1.29 is 75.5 Å². The summed E-state index contributed by atoms with van der Waals surface area (Å²) in [5, 5.41) is 12.1. The van der Waals surface area contributed by atoms with Crippen LogP contribution in [-0.2, 0) is 16.1 Å². The summed E-state index contributed by atoms with van der Waals surface area (Å²) in [6.45, 7) is 0.490. The van der Waals surface area contributed by atoms with Gasteiger partial charge in [-0.15, -0.1) is 0 Å². The van der Waals surface area contributed by atoms with E-state index in [9.17, 15) is 9.90 Å². The normalized spacial score (nSPS) is 20.4. The van der Waals surface area contributed by atoms with E-state index in [1.165, 1.54) is 0 Å². The first-order valence-corrected chi connectivity index (χ1v) is 10.0. The third-order valence-corrected chi connectivity index (χ3v) is 5.51. The maximum atomic E-state index is 12.1. The Bertz CT molecular complexity index is 1030. The summed E-state index contributed by atoms with van der Waals surface area (Å²) in [5.74, 6) is -0.0422. The molecule has 1 unspecified atom stereocenters. The van der Waals surface area contributed by atoms with Crippen LogP contribution in [0.5, 0.6) is 11.5 Å². The second kappa shape index (κ2) is 11.4. The summed E-state index contributed by atoms with van der Waals surface area (Å²) in [5.41, 5.74) is 2.62. The largest absolute Gasteiger partial charge is 1.00 e. The predicted molar refractivity (Wildman–Crippen MR) is 113 cm³/mol. The van der Waals surface area contributed by atoms with Crippen molar-refractivity contribution in [2.24, 2.45) is 0 Å². The van der Waals surface area contributed by atoms with Gasteiger partial charge in [0, 0.05) is 18.2 Å². The number of nitrogens with zero attached hydrogens (tertiary/aromatic N) is 1. The van der Waals surface area contributed by atoms with E-state index in [2.05, 4.69) is 0 Å². The fourth-order valence-electron chi connectivity index (χ4n) is 4.06. The molecular weight excluding hydrogens is 433 g/mol. The van der Waals surface area contributed by atoms with Crippen LogP contribution in [0.2, 0.25) is 0 Å². The molecule has 0 amide bonds. The van der Waals surface area contributed by atoms with Gasteiger partial charge < -0.3 is 24.1 Å². The van der Waals surface area contributed by atoms with Gasteiger partial charge in [-0.3, -0.25) is 4.90 Å². The molecule has 32 heavy (non-hydrogen) atoms. The van der Waals surface area contributed by atoms with Gasteiger partial charge in [0.1, 0.15) is 23.8 Å². The molecule has 0 aromatic heterocycles. The van der Waals surface area contributed by atoms with Crippen molar-refractivity contribution in [3.05, 3.63) is 95.6 Å². The molecule has 0 bridgehead atoms. The van der Waals surface area contributed by atoms with Crippen LogP contribution in [0.25, 0.3) is 0 Å². The summed E-state index contributed by atoms with van der Waals surface area (Å²) in [6.07, 6.45) is -1.78. The number of rotatable bonds is 7. The van der Waals surface area contributed by atoms with E-state index in [0.717, 1.165) is 16.7 Å². The fourth-order valence-corrected chi connectivity index (χ4v) is 4.06. The molecule has 0 N–H and O–H groups in total. The summed E-state index contributed by atoms with van der Waals surface area (Å²) < 4.78 is 17.0. The van der Waals surface area contributed by atoms with Gasteiger partial charge in [0.15, 0.2) is 0 Å². The van der Waals surface area contributed by atoms with Crippen LogP contribution in [0, 0.1) is 0 Å². The Labute approximate surface area is 230 Å². The Morgan fingerprint density at radius 3 is 2.22 bits per heavy atom. The Hall–Kier alpha value is -1.71.